The summed E-state index contributed by atoms with van der Waals surface area (Å²) < 4.78 is 11.0. The highest BCUT2D eigenvalue weighted by Gasteiger charge is 2.16. The molecule has 3 aromatic rings. The van der Waals surface area contributed by atoms with Crippen LogP contribution in [-0.2, 0) is 6.42 Å². The summed E-state index contributed by atoms with van der Waals surface area (Å²) in [6, 6.07) is 3.74. The second kappa shape index (κ2) is 5.53. The number of benzene rings is 1. The van der Waals surface area contributed by atoms with E-state index in [1.165, 1.54) is 11.3 Å². The Balaban J connectivity index is 2.35. The lowest BCUT2D eigenvalue weighted by Gasteiger charge is -2.11. The molecule has 0 atom stereocenters. The van der Waals surface area contributed by atoms with Crippen LogP contribution in [-0.4, -0.2) is 17.3 Å². The van der Waals surface area contributed by atoms with Crippen molar-refractivity contribution in [3.05, 3.63) is 38.7 Å². The van der Waals surface area contributed by atoms with Crippen molar-refractivity contribution in [2.75, 3.05) is 7.11 Å². The van der Waals surface area contributed by atoms with Gasteiger partial charge in [-0.25, -0.2) is 4.79 Å². The fourth-order valence-electron chi connectivity index (χ4n) is 2.61. The van der Waals surface area contributed by atoms with Crippen molar-refractivity contribution < 1.29 is 9.15 Å². The first-order chi connectivity index (χ1) is 10.5. The van der Waals surface area contributed by atoms with Crippen LogP contribution in [0.1, 0.15) is 23.1 Å². The van der Waals surface area contributed by atoms with Crippen molar-refractivity contribution in [3.8, 4) is 16.3 Å². The van der Waals surface area contributed by atoms with Gasteiger partial charge in [0.1, 0.15) is 21.3 Å². The van der Waals surface area contributed by atoms with Gasteiger partial charge >= 0.3 is 5.63 Å². The summed E-state index contributed by atoms with van der Waals surface area (Å²) >= 11 is 1.49. The Bertz CT molecular complexity index is 912. The second-order valence-electron chi connectivity index (χ2n) is 5.02. The monoisotopic (exact) mass is 316 g/mol. The molecule has 114 valence electrons. The molecule has 0 spiro atoms. The summed E-state index contributed by atoms with van der Waals surface area (Å²) in [5.74, 6) is 0.677. The molecule has 2 heterocycles. The lowest BCUT2D eigenvalue weighted by atomic mass is 10.0. The Morgan fingerprint density at radius 1 is 1.27 bits per heavy atom. The van der Waals surface area contributed by atoms with Gasteiger partial charge in [0.05, 0.1) is 12.5 Å². The van der Waals surface area contributed by atoms with Crippen molar-refractivity contribution in [2.45, 2.75) is 27.2 Å². The Morgan fingerprint density at radius 2 is 2.05 bits per heavy atom. The number of hydrogen-bond acceptors (Lipinski definition) is 6. The molecule has 0 saturated heterocycles. The van der Waals surface area contributed by atoms with Gasteiger partial charge in [0.25, 0.3) is 0 Å². The molecule has 0 unspecified atom stereocenters. The van der Waals surface area contributed by atoms with E-state index in [2.05, 4.69) is 10.2 Å². The number of aromatic nitrogens is 2. The first-order valence-electron chi connectivity index (χ1n) is 7.00. The number of aryl methyl sites for hydroxylation is 2. The highest BCUT2D eigenvalue weighted by atomic mass is 32.1. The highest BCUT2D eigenvalue weighted by molar-refractivity contribution is 7.14. The SMILES string of the molecule is CCc1c(C)c2c(OC)cc(-c3nnc(C)s3)cc2oc1=O. The number of rotatable bonds is 3. The fraction of sp³-hybridized carbons (Fsp3) is 0.312. The predicted octanol–water partition coefficient (Wildman–Crippen LogP) is 3.50. The van der Waals surface area contributed by atoms with Gasteiger partial charge in [-0.1, -0.05) is 18.3 Å². The third kappa shape index (κ3) is 2.29. The third-order valence-corrected chi connectivity index (χ3v) is 4.58. The van der Waals surface area contributed by atoms with Crippen LogP contribution in [0, 0.1) is 13.8 Å². The Morgan fingerprint density at radius 3 is 2.64 bits per heavy atom. The summed E-state index contributed by atoms with van der Waals surface area (Å²) in [7, 11) is 1.61. The molecule has 5 nitrogen and oxygen atoms in total. The maximum Gasteiger partial charge on any atom is 0.339 e. The van der Waals surface area contributed by atoms with Crippen LogP contribution in [0.5, 0.6) is 5.75 Å². The molecule has 2 aromatic heterocycles. The van der Waals surface area contributed by atoms with E-state index in [9.17, 15) is 4.79 Å². The first-order valence-corrected chi connectivity index (χ1v) is 7.81. The molecule has 0 aliphatic rings. The van der Waals surface area contributed by atoms with Crippen molar-refractivity contribution in [1.29, 1.82) is 0 Å². The van der Waals surface area contributed by atoms with E-state index in [-0.39, 0.29) is 5.63 Å². The smallest absolute Gasteiger partial charge is 0.339 e. The Kier molecular flexibility index (Phi) is 3.70. The summed E-state index contributed by atoms with van der Waals surface area (Å²) in [6.07, 6.45) is 0.630. The lowest BCUT2D eigenvalue weighted by molar-refractivity contribution is 0.418. The minimum Gasteiger partial charge on any atom is -0.496 e. The zero-order valence-corrected chi connectivity index (χ0v) is 13.7. The lowest BCUT2D eigenvalue weighted by Crippen LogP contribution is -2.09. The van der Waals surface area contributed by atoms with E-state index >= 15 is 0 Å². The average molecular weight is 316 g/mol. The maximum absolute atomic E-state index is 12.1. The normalized spacial score (nSPS) is 11.1. The molecule has 3 rings (SSSR count). The Labute approximate surface area is 131 Å². The summed E-state index contributed by atoms with van der Waals surface area (Å²) in [6.45, 7) is 5.77. The minimum atomic E-state index is -0.292. The topological polar surface area (TPSA) is 65.2 Å². The zero-order chi connectivity index (χ0) is 15.9. The highest BCUT2D eigenvalue weighted by Crippen LogP contribution is 2.35. The van der Waals surface area contributed by atoms with Crippen molar-refractivity contribution >= 4 is 22.3 Å². The number of nitrogens with zero attached hydrogens (tertiary/aromatic N) is 2. The minimum absolute atomic E-state index is 0.292. The van der Waals surface area contributed by atoms with Gasteiger partial charge in [-0.05, 0) is 38.0 Å². The van der Waals surface area contributed by atoms with Crippen molar-refractivity contribution in [2.24, 2.45) is 0 Å². The van der Waals surface area contributed by atoms with Gasteiger partial charge in [-0.15, -0.1) is 10.2 Å². The van der Waals surface area contributed by atoms with Gasteiger partial charge in [-0.2, -0.15) is 0 Å². The molecule has 6 heteroatoms. The molecule has 0 N–H and O–H groups in total. The van der Waals surface area contributed by atoms with Gasteiger partial charge in [0.15, 0.2) is 0 Å². The molecule has 0 aliphatic heterocycles. The fourth-order valence-corrected chi connectivity index (χ4v) is 3.29. The summed E-state index contributed by atoms with van der Waals surface area (Å²) in [5, 5.41) is 10.7. The van der Waals surface area contributed by atoms with Crippen molar-refractivity contribution in [3.63, 3.8) is 0 Å². The van der Waals surface area contributed by atoms with Gasteiger partial charge < -0.3 is 9.15 Å². The van der Waals surface area contributed by atoms with Gasteiger partial charge in [0, 0.05) is 11.1 Å². The van der Waals surface area contributed by atoms with Crippen LogP contribution >= 0.6 is 11.3 Å². The Hall–Kier alpha value is -2.21. The molecule has 0 amide bonds. The second-order valence-corrected chi connectivity index (χ2v) is 6.21. The largest absolute Gasteiger partial charge is 0.496 e. The van der Waals surface area contributed by atoms with E-state index in [0.29, 0.717) is 23.3 Å². The van der Waals surface area contributed by atoms with E-state index < -0.39 is 0 Å². The number of fused-ring (bicyclic) bond motifs is 1. The van der Waals surface area contributed by atoms with Crippen LogP contribution in [0.4, 0.5) is 0 Å². The van der Waals surface area contributed by atoms with E-state index in [1.807, 2.05) is 32.9 Å². The van der Waals surface area contributed by atoms with Crippen LogP contribution in [0.15, 0.2) is 21.3 Å². The molecule has 0 bridgehead atoms. The number of ether oxygens (including phenoxy) is 1. The van der Waals surface area contributed by atoms with Crippen LogP contribution in [0.2, 0.25) is 0 Å². The van der Waals surface area contributed by atoms with E-state index in [1.54, 1.807) is 7.11 Å². The molecular weight excluding hydrogens is 300 g/mol. The predicted molar refractivity (Wildman–Crippen MR) is 86.8 cm³/mol. The number of hydrogen-bond donors (Lipinski definition) is 0. The average Bonchev–Trinajstić information content (AvgIpc) is 2.92. The molecule has 22 heavy (non-hydrogen) atoms. The molecule has 1 aromatic carbocycles. The van der Waals surface area contributed by atoms with Gasteiger partial charge in [0.2, 0.25) is 0 Å². The summed E-state index contributed by atoms with van der Waals surface area (Å²) in [4.78, 5) is 12.1. The zero-order valence-electron chi connectivity index (χ0n) is 12.9. The van der Waals surface area contributed by atoms with E-state index in [0.717, 1.165) is 26.5 Å². The maximum atomic E-state index is 12.1. The molecule has 0 aliphatic carbocycles. The van der Waals surface area contributed by atoms with Crippen LogP contribution in [0.25, 0.3) is 21.5 Å². The first kappa shape index (κ1) is 14.7. The molecule has 0 saturated carbocycles. The number of methoxy groups -OCH3 is 1. The van der Waals surface area contributed by atoms with Crippen LogP contribution in [0.3, 0.4) is 0 Å². The quantitative estimate of drug-likeness (QED) is 0.692. The molecule has 0 radical (unpaired) electrons. The van der Waals surface area contributed by atoms with E-state index in [4.69, 9.17) is 9.15 Å². The molecule has 0 fully saturated rings. The van der Waals surface area contributed by atoms with Crippen molar-refractivity contribution in [1.82, 2.24) is 10.2 Å². The standard InChI is InChI=1S/C16H16N2O3S/c1-5-11-8(2)14-12(20-4)6-10(7-13(14)21-16(11)19)15-18-17-9(3)22-15/h6-7H,5H2,1-4H3. The molecular formula is C16H16N2O3S. The van der Waals surface area contributed by atoms with Crippen LogP contribution < -0.4 is 10.4 Å². The summed E-state index contributed by atoms with van der Waals surface area (Å²) in [5.41, 5.74) is 2.65. The third-order valence-electron chi connectivity index (χ3n) is 3.69. The van der Waals surface area contributed by atoms with Gasteiger partial charge in [-0.3, -0.25) is 0 Å².